The fraction of sp³-hybridized carbons (Fsp3) is 0.273. The van der Waals surface area contributed by atoms with Gasteiger partial charge in [-0.3, -0.25) is 0 Å². The molecule has 0 aromatic heterocycles. The molecule has 0 bridgehead atoms. The van der Waals surface area contributed by atoms with E-state index in [-0.39, 0.29) is 18.1 Å². The van der Waals surface area contributed by atoms with E-state index >= 15 is 0 Å². The molecule has 0 fully saturated rings. The molecule has 3 heteroatoms. The second kappa shape index (κ2) is 5.40. The van der Waals surface area contributed by atoms with E-state index in [0.29, 0.717) is 18.6 Å². The predicted molar refractivity (Wildman–Crippen MR) is 54.6 cm³/mol. The molecule has 0 unspecified atom stereocenters. The van der Waals surface area contributed by atoms with E-state index in [4.69, 9.17) is 10.5 Å². The van der Waals surface area contributed by atoms with Crippen molar-refractivity contribution in [2.45, 2.75) is 13.0 Å². The number of rotatable bonds is 5. The standard InChI is InChI=1S/C11H14FNO/c1-2-3-7-14-10-6-4-5-9(8-13)11(10)12/h2,4-6H,1,3,7-8,13H2. The first kappa shape index (κ1) is 10.7. The quantitative estimate of drug-likeness (QED) is 0.577. The highest BCUT2D eigenvalue weighted by Crippen LogP contribution is 2.20. The minimum absolute atomic E-state index is 0.185. The Morgan fingerprint density at radius 2 is 2.29 bits per heavy atom. The van der Waals surface area contributed by atoms with Crippen molar-refractivity contribution in [3.8, 4) is 5.75 Å². The summed E-state index contributed by atoms with van der Waals surface area (Å²) in [7, 11) is 0. The maximum absolute atomic E-state index is 13.5. The fourth-order valence-electron chi connectivity index (χ4n) is 1.08. The molecule has 0 amide bonds. The first-order chi connectivity index (χ1) is 6.79. The summed E-state index contributed by atoms with van der Waals surface area (Å²) in [5.74, 6) is -0.103. The van der Waals surface area contributed by atoms with Gasteiger partial charge in [-0.25, -0.2) is 4.39 Å². The van der Waals surface area contributed by atoms with Gasteiger partial charge < -0.3 is 10.5 Å². The highest BCUT2D eigenvalue weighted by atomic mass is 19.1. The van der Waals surface area contributed by atoms with Crippen molar-refractivity contribution in [2.24, 2.45) is 5.73 Å². The zero-order valence-corrected chi connectivity index (χ0v) is 8.00. The third-order valence-electron chi connectivity index (χ3n) is 1.84. The predicted octanol–water partition coefficient (Wildman–Crippen LogP) is 2.24. The van der Waals surface area contributed by atoms with Gasteiger partial charge in [-0.1, -0.05) is 18.2 Å². The highest BCUT2D eigenvalue weighted by molar-refractivity contribution is 5.30. The van der Waals surface area contributed by atoms with Gasteiger partial charge in [0.05, 0.1) is 6.61 Å². The van der Waals surface area contributed by atoms with Gasteiger partial charge in [0.2, 0.25) is 0 Å². The summed E-state index contributed by atoms with van der Waals surface area (Å²) in [6, 6.07) is 4.97. The molecule has 0 aliphatic heterocycles. The lowest BCUT2D eigenvalue weighted by atomic mass is 10.2. The van der Waals surface area contributed by atoms with Crippen molar-refractivity contribution >= 4 is 0 Å². The lowest BCUT2D eigenvalue weighted by molar-refractivity contribution is 0.307. The van der Waals surface area contributed by atoms with Crippen LogP contribution in [-0.2, 0) is 6.54 Å². The Hall–Kier alpha value is -1.35. The SMILES string of the molecule is C=CCCOc1cccc(CN)c1F. The zero-order valence-electron chi connectivity index (χ0n) is 8.00. The lowest BCUT2D eigenvalue weighted by Gasteiger charge is -2.07. The number of hydrogen-bond donors (Lipinski definition) is 1. The van der Waals surface area contributed by atoms with Crippen molar-refractivity contribution in [3.63, 3.8) is 0 Å². The third kappa shape index (κ3) is 2.57. The Morgan fingerprint density at radius 3 is 2.93 bits per heavy atom. The van der Waals surface area contributed by atoms with Crippen molar-refractivity contribution in [3.05, 3.63) is 42.2 Å². The minimum Gasteiger partial charge on any atom is -0.490 e. The molecule has 14 heavy (non-hydrogen) atoms. The van der Waals surface area contributed by atoms with Crippen LogP contribution in [0.1, 0.15) is 12.0 Å². The molecule has 2 N–H and O–H groups in total. The van der Waals surface area contributed by atoms with Gasteiger partial charge >= 0.3 is 0 Å². The van der Waals surface area contributed by atoms with Crippen LogP contribution in [0.15, 0.2) is 30.9 Å². The van der Waals surface area contributed by atoms with Crippen LogP contribution in [0.2, 0.25) is 0 Å². The van der Waals surface area contributed by atoms with Crippen LogP contribution in [0, 0.1) is 5.82 Å². The van der Waals surface area contributed by atoms with Crippen molar-refractivity contribution in [2.75, 3.05) is 6.61 Å². The van der Waals surface area contributed by atoms with Gasteiger partial charge in [-0.15, -0.1) is 6.58 Å². The average molecular weight is 195 g/mol. The van der Waals surface area contributed by atoms with Crippen molar-refractivity contribution in [1.82, 2.24) is 0 Å². The zero-order chi connectivity index (χ0) is 10.4. The first-order valence-corrected chi connectivity index (χ1v) is 4.50. The van der Waals surface area contributed by atoms with Crippen LogP contribution in [0.25, 0.3) is 0 Å². The van der Waals surface area contributed by atoms with Gasteiger partial charge in [0.15, 0.2) is 11.6 Å². The maximum Gasteiger partial charge on any atom is 0.169 e. The Bertz CT molecular complexity index is 312. The van der Waals surface area contributed by atoms with Crippen LogP contribution in [-0.4, -0.2) is 6.61 Å². The first-order valence-electron chi connectivity index (χ1n) is 4.50. The molecule has 0 saturated heterocycles. The normalized spacial score (nSPS) is 9.86. The number of benzene rings is 1. The third-order valence-corrected chi connectivity index (χ3v) is 1.84. The smallest absolute Gasteiger partial charge is 0.169 e. The summed E-state index contributed by atoms with van der Waals surface area (Å²) in [4.78, 5) is 0. The van der Waals surface area contributed by atoms with E-state index in [9.17, 15) is 4.39 Å². The topological polar surface area (TPSA) is 35.2 Å². The highest BCUT2D eigenvalue weighted by Gasteiger charge is 2.06. The molecule has 1 aromatic carbocycles. The second-order valence-electron chi connectivity index (χ2n) is 2.86. The van der Waals surface area contributed by atoms with Crippen LogP contribution >= 0.6 is 0 Å². The Morgan fingerprint density at radius 1 is 1.50 bits per heavy atom. The molecule has 0 atom stereocenters. The number of halogens is 1. The summed E-state index contributed by atoms with van der Waals surface area (Å²) >= 11 is 0. The molecule has 0 saturated carbocycles. The summed E-state index contributed by atoms with van der Waals surface area (Å²) in [6.45, 7) is 4.18. The molecular formula is C11H14FNO. The van der Waals surface area contributed by atoms with Crippen LogP contribution in [0.5, 0.6) is 5.75 Å². The van der Waals surface area contributed by atoms with E-state index < -0.39 is 0 Å². The van der Waals surface area contributed by atoms with E-state index in [0.717, 1.165) is 0 Å². The molecule has 0 spiro atoms. The van der Waals surface area contributed by atoms with Gasteiger partial charge in [0.1, 0.15) is 0 Å². The molecule has 0 aliphatic rings. The molecule has 76 valence electrons. The Balaban J connectivity index is 2.71. The van der Waals surface area contributed by atoms with Gasteiger partial charge in [-0.2, -0.15) is 0 Å². The molecule has 0 radical (unpaired) electrons. The second-order valence-corrected chi connectivity index (χ2v) is 2.86. The average Bonchev–Trinajstić information content (AvgIpc) is 2.21. The number of hydrogen-bond acceptors (Lipinski definition) is 2. The van der Waals surface area contributed by atoms with E-state index in [1.165, 1.54) is 0 Å². The Labute approximate surface area is 83.2 Å². The lowest BCUT2D eigenvalue weighted by Crippen LogP contribution is -2.03. The van der Waals surface area contributed by atoms with E-state index in [1.54, 1.807) is 24.3 Å². The minimum atomic E-state index is -0.362. The molecule has 0 heterocycles. The molecule has 1 aromatic rings. The Kier molecular flexibility index (Phi) is 4.13. The summed E-state index contributed by atoms with van der Waals surface area (Å²) in [5, 5.41) is 0. The van der Waals surface area contributed by atoms with Crippen LogP contribution in [0.4, 0.5) is 4.39 Å². The molecular weight excluding hydrogens is 181 g/mol. The van der Waals surface area contributed by atoms with E-state index in [1.807, 2.05) is 0 Å². The van der Waals surface area contributed by atoms with E-state index in [2.05, 4.69) is 6.58 Å². The van der Waals surface area contributed by atoms with Gasteiger partial charge in [-0.05, 0) is 12.5 Å². The number of nitrogens with two attached hydrogens (primary N) is 1. The monoisotopic (exact) mass is 195 g/mol. The van der Waals surface area contributed by atoms with Crippen LogP contribution in [0.3, 0.4) is 0 Å². The van der Waals surface area contributed by atoms with Gasteiger partial charge in [0, 0.05) is 12.1 Å². The largest absolute Gasteiger partial charge is 0.490 e. The fourth-order valence-corrected chi connectivity index (χ4v) is 1.08. The molecule has 2 nitrogen and oxygen atoms in total. The van der Waals surface area contributed by atoms with Gasteiger partial charge in [0.25, 0.3) is 0 Å². The van der Waals surface area contributed by atoms with Crippen LogP contribution < -0.4 is 10.5 Å². The summed E-state index contributed by atoms with van der Waals surface area (Å²) < 4.78 is 18.7. The van der Waals surface area contributed by atoms with Crippen molar-refractivity contribution < 1.29 is 9.13 Å². The maximum atomic E-state index is 13.5. The molecule has 1 rings (SSSR count). The summed E-state index contributed by atoms with van der Waals surface area (Å²) in [6.07, 6.45) is 2.43. The van der Waals surface area contributed by atoms with Crippen molar-refractivity contribution in [1.29, 1.82) is 0 Å². The summed E-state index contributed by atoms with van der Waals surface area (Å²) in [5.41, 5.74) is 5.84. The number of ether oxygens (including phenoxy) is 1. The molecule has 0 aliphatic carbocycles.